The van der Waals surface area contributed by atoms with Gasteiger partial charge in [0.25, 0.3) is 0 Å². The van der Waals surface area contributed by atoms with Gasteiger partial charge in [0.05, 0.1) is 11.7 Å². The van der Waals surface area contributed by atoms with Crippen molar-refractivity contribution in [2.45, 2.75) is 83.5 Å². The molecule has 2 fully saturated rings. The van der Waals surface area contributed by atoms with E-state index in [4.69, 9.17) is 0 Å². The van der Waals surface area contributed by atoms with Crippen molar-refractivity contribution < 1.29 is 20.1 Å². The van der Waals surface area contributed by atoms with Crippen LogP contribution in [0.2, 0.25) is 0 Å². The maximum atomic E-state index is 13.0. The summed E-state index contributed by atoms with van der Waals surface area (Å²) < 4.78 is 0. The van der Waals surface area contributed by atoms with E-state index in [9.17, 15) is 20.1 Å². The molecule has 0 aromatic carbocycles. The van der Waals surface area contributed by atoms with Crippen LogP contribution < -0.4 is 0 Å². The van der Waals surface area contributed by atoms with Gasteiger partial charge < -0.3 is 15.3 Å². The third-order valence-electron chi connectivity index (χ3n) is 8.64. The van der Waals surface area contributed by atoms with E-state index in [1.807, 2.05) is 13.0 Å². The number of aliphatic hydroxyl groups excluding tert-OH is 2. The van der Waals surface area contributed by atoms with E-state index in [0.29, 0.717) is 18.8 Å². The van der Waals surface area contributed by atoms with Crippen molar-refractivity contribution in [3.05, 3.63) is 35.5 Å². The zero-order valence-corrected chi connectivity index (χ0v) is 18.0. The molecule has 0 radical (unpaired) electrons. The lowest BCUT2D eigenvalue weighted by molar-refractivity contribution is -0.119. The SMILES string of the molecule is C/C=C/[C@H](O)[C@](C)(O)C1CCC2C3=CC(=O)[C@H]4CC(=CC[C@H](O)C4)C3CC[C@@]21C. The van der Waals surface area contributed by atoms with Crippen molar-refractivity contribution >= 4 is 5.78 Å². The maximum absolute atomic E-state index is 13.0. The summed E-state index contributed by atoms with van der Waals surface area (Å²) in [5.41, 5.74) is 1.29. The molecule has 0 saturated heterocycles. The summed E-state index contributed by atoms with van der Waals surface area (Å²) in [7, 11) is 0. The Morgan fingerprint density at radius 2 is 2.07 bits per heavy atom. The molecule has 0 aromatic heterocycles. The monoisotopic (exact) mass is 400 g/mol. The highest BCUT2D eigenvalue weighted by atomic mass is 16.3. The van der Waals surface area contributed by atoms with Gasteiger partial charge in [0, 0.05) is 11.8 Å². The fourth-order valence-electron chi connectivity index (χ4n) is 7.09. The summed E-state index contributed by atoms with van der Waals surface area (Å²) in [6, 6.07) is 0. The van der Waals surface area contributed by atoms with Crippen molar-refractivity contribution in [2.75, 3.05) is 0 Å². The number of allylic oxidation sites excluding steroid dienone is 4. The lowest BCUT2D eigenvalue weighted by Crippen LogP contribution is -2.52. The molecule has 3 unspecified atom stereocenters. The number of fused-ring (bicyclic) bond motifs is 6. The first-order valence-electron chi connectivity index (χ1n) is 11.3. The van der Waals surface area contributed by atoms with E-state index < -0.39 is 17.8 Å². The molecule has 0 amide bonds. The summed E-state index contributed by atoms with van der Waals surface area (Å²) in [6.45, 7) is 5.89. The molecule has 2 bridgehead atoms. The van der Waals surface area contributed by atoms with Gasteiger partial charge in [-0.2, -0.15) is 0 Å². The molecule has 0 spiro atoms. The highest BCUT2D eigenvalue weighted by molar-refractivity contribution is 5.93. The Labute approximate surface area is 174 Å². The minimum Gasteiger partial charge on any atom is -0.393 e. The van der Waals surface area contributed by atoms with E-state index in [0.717, 1.165) is 32.1 Å². The number of rotatable bonds is 3. The molecular formula is C25H36O4. The predicted octanol–water partition coefficient (Wildman–Crippen LogP) is 3.71. The van der Waals surface area contributed by atoms with E-state index in [-0.39, 0.29) is 29.0 Å². The van der Waals surface area contributed by atoms with Crippen molar-refractivity contribution in [1.29, 1.82) is 0 Å². The van der Waals surface area contributed by atoms with Crippen molar-refractivity contribution in [3.63, 3.8) is 0 Å². The molecular weight excluding hydrogens is 364 g/mol. The highest BCUT2D eigenvalue weighted by Crippen LogP contribution is 2.63. The number of hydrogen-bond donors (Lipinski definition) is 3. The molecule has 0 aromatic rings. The topological polar surface area (TPSA) is 77.8 Å². The largest absolute Gasteiger partial charge is 0.393 e. The van der Waals surface area contributed by atoms with Gasteiger partial charge in [-0.05, 0) is 82.1 Å². The number of aliphatic hydroxyl groups is 3. The molecule has 4 aliphatic carbocycles. The standard InChI is InChI=1S/C25H36O4/c1-4-5-23(28)25(3,29)22-9-8-20-19-14-21(27)16-12-15(6-7-17(26)13-16)18(19)10-11-24(20,22)2/h4-6,14,16-18,20,22-23,26,28-29H,7-13H2,1-3H3/b5-4+/t16-,17-,18?,20?,22?,23-,24-,25+/m0/s1. The zero-order valence-electron chi connectivity index (χ0n) is 18.0. The maximum Gasteiger partial charge on any atom is 0.159 e. The van der Waals surface area contributed by atoms with Gasteiger partial charge >= 0.3 is 0 Å². The molecule has 0 heterocycles. The molecule has 2 saturated carbocycles. The molecule has 0 aliphatic heterocycles. The summed E-state index contributed by atoms with van der Waals surface area (Å²) >= 11 is 0. The van der Waals surface area contributed by atoms with Crippen LogP contribution in [0, 0.1) is 29.1 Å². The Morgan fingerprint density at radius 1 is 1.31 bits per heavy atom. The summed E-state index contributed by atoms with van der Waals surface area (Å²) in [4.78, 5) is 13.0. The van der Waals surface area contributed by atoms with Crippen molar-refractivity contribution in [1.82, 2.24) is 0 Å². The number of carbonyl (C=O) groups is 1. The third kappa shape index (κ3) is 3.37. The van der Waals surface area contributed by atoms with E-state index in [2.05, 4.69) is 13.0 Å². The van der Waals surface area contributed by atoms with Crippen LogP contribution in [-0.2, 0) is 4.79 Å². The summed E-state index contributed by atoms with van der Waals surface area (Å²) in [5, 5.41) is 32.1. The fourth-order valence-corrected chi connectivity index (χ4v) is 7.09. The van der Waals surface area contributed by atoms with Crippen LogP contribution in [0.3, 0.4) is 0 Å². The van der Waals surface area contributed by atoms with Crippen LogP contribution in [0.4, 0.5) is 0 Å². The lowest BCUT2D eigenvalue weighted by Gasteiger charge is -2.50. The van der Waals surface area contributed by atoms with Crippen LogP contribution in [0.1, 0.15) is 65.7 Å². The smallest absolute Gasteiger partial charge is 0.159 e. The Hall–Kier alpha value is -1.23. The second-order valence-corrected chi connectivity index (χ2v) is 10.3. The Bertz CT molecular complexity index is 761. The van der Waals surface area contributed by atoms with Crippen molar-refractivity contribution in [3.8, 4) is 0 Å². The lowest BCUT2D eigenvalue weighted by atomic mass is 9.56. The first-order chi connectivity index (χ1) is 13.7. The van der Waals surface area contributed by atoms with E-state index in [1.54, 1.807) is 19.1 Å². The van der Waals surface area contributed by atoms with Crippen LogP contribution in [0.25, 0.3) is 0 Å². The molecule has 4 rings (SSSR count). The van der Waals surface area contributed by atoms with Crippen LogP contribution in [0.15, 0.2) is 35.5 Å². The van der Waals surface area contributed by atoms with E-state index >= 15 is 0 Å². The minimum absolute atomic E-state index is 0.00985. The number of hydrogen-bond acceptors (Lipinski definition) is 4. The van der Waals surface area contributed by atoms with E-state index in [1.165, 1.54) is 11.1 Å². The van der Waals surface area contributed by atoms with Crippen LogP contribution >= 0.6 is 0 Å². The molecule has 4 nitrogen and oxygen atoms in total. The van der Waals surface area contributed by atoms with Gasteiger partial charge in [0.1, 0.15) is 6.10 Å². The highest BCUT2D eigenvalue weighted by Gasteiger charge is 2.58. The average molecular weight is 401 g/mol. The number of carbonyl (C=O) groups excluding carboxylic acids is 1. The first kappa shape index (κ1) is 21.0. The molecule has 3 N–H and O–H groups in total. The van der Waals surface area contributed by atoms with Gasteiger partial charge in [-0.25, -0.2) is 0 Å². The van der Waals surface area contributed by atoms with Gasteiger partial charge in [-0.1, -0.05) is 36.3 Å². The minimum atomic E-state index is -1.19. The van der Waals surface area contributed by atoms with Gasteiger partial charge in [0.15, 0.2) is 5.78 Å². The fraction of sp³-hybridized carbons (Fsp3) is 0.720. The predicted molar refractivity (Wildman–Crippen MR) is 113 cm³/mol. The molecule has 29 heavy (non-hydrogen) atoms. The molecule has 4 heteroatoms. The summed E-state index contributed by atoms with van der Waals surface area (Å²) in [5.74, 6) is 0.634. The molecule has 4 aliphatic rings. The molecule has 160 valence electrons. The normalized spacial score (nSPS) is 42.8. The van der Waals surface area contributed by atoms with Gasteiger partial charge in [-0.15, -0.1) is 0 Å². The van der Waals surface area contributed by atoms with Crippen LogP contribution in [0.5, 0.6) is 0 Å². The van der Waals surface area contributed by atoms with Gasteiger partial charge in [-0.3, -0.25) is 4.79 Å². The number of ketones is 1. The van der Waals surface area contributed by atoms with Crippen LogP contribution in [-0.4, -0.2) is 38.9 Å². The summed E-state index contributed by atoms with van der Waals surface area (Å²) in [6.07, 6.45) is 12.1. The second kappa shape index (κ2) is 7.47. The van der Waals surface area contributed by atoms with Crippen molar-refractivity contribution in [2.24, 2.45) is 29.1 Å². The zero-order chi connectivity index (χ0) is 21.0. The molecule has 8 atom stereocenters. The Balaban J connectivity index is 1.69. The average Bonchev–Trinajstić information content (AvgIpc) is 2.82. The third-order valence-corrected chi connectivity index (χ3v) is 8.64. The Morgan fingerprint density at radius 3 is 2.79 bits per heavy atom. The second-order valence-electron chi connectivity index (χ2n) is 10.3. The first-order valence-corrected chi connectivity index (χ1v) is 11.3. The Kier molecular flexibility index (Phi) is 5.42. The van der Waals surface area contributed by atoms with Gasteiger partial charge in [0.2, 0.25) is 0 Å². The quantitative estimate of drug-likeness (QED) is 0.631.